The molecule has 11 rings (SSSR count). The highest BCUT2D eigenvalue weighted by Gasteiger charge is 2.24. The quantitative estimate of drug-likeness (QED) is 0.171. The van der Waals surface area contributed by atoms with Gasteiger partial charge in [-0.1, -0.05) is 152 Å². The first-order chi connectivity index (χ1) is 27.8. The lowest BCUT2D eigenvalue weighted by atomic mass is 10.0. The molecule has 0 bridgehead atoms. The van der Waals surface area contributed by atoms with Gasteiger partial charge in [-0.2, -0.15) is 0 Å². The number of hydrogen-bond donors (Lipinski definition) is 0. The van der Waals surface area contributed by atoms with E-state index in [1.165, 1.54) is 0 Å². The monoisotopic (exact) mass is 717 g/mol. The van der Waals surface area contributed by atoms with Crippen LogP contribution in [0.5, 0.6) is 0 Å². The summed E-state index contributed by atoms with van der Waals surface area (Å²) in [5.74, 6) is 1.92. The van der Waals surface area contributed by atoms with Gasteiger partial charge in [0.1, 0.15) is 11.1 Å². The van der Waals surface area contributed by atoms with Crippen molar-refractivity contribution in [2.75, 3.05) is 0 Å². The van der Waals surface area contributed by atoms with E-state index >= 15 is 0 Å². The van der Waals surface area contributed by atoms with Crippen molar-refractivity contribution < 1.29 is 4.42 Å². The number of aromatic nitrogens is 5. The highest BCUT2D eigenvalue weighted by Crippen LogP contribution is 2.44. The number of para-hydroxylation sites is 2. The van der Waals surface area contributed by atoms with Crippen molar-refractivity contribution in [1.82, 2.24) is 24.5 Å². The SMILES string of the molecule is c1ccc(-c2nc(-c3ccccc3)nc(-c3ccc(-c4ccc(-n5c6ccccc6c6oc7c8ccccc8nc(-c8ccccc8)c7c65)cc4)cc3)n2)cc1. The number of benzene rings is 7. The molecular formula is C50H31N5O. The van der Waals surface area contributed by atoms with Crippen LogP contribution in [0.4, 0.5) is 0 Å². The molecule has 262 valence electrons. The Kier molecular flexibility index (Phi) is 7.38. The lowest BCUT2D eigenvalue weighted by Crippen LogP contribution is -2.00. The Morgan fingerprint density at radius 2 is 0.821 bits per heavy atom. The molecule has 6 heteroatoms. The van der Waals surface area contributed by atoms with Crippen LogP contribution in [-0.2, 0) is 0 Å². The van der Waals surface area contributed by atoms with E-state index in [0.717, 1.165) is 88.6 Å². The average Bonchev–Trinajstić information content (AvgIpc) is 3.83. The van der Waals surface area contributed by atoms with Crippen molar-refractivity contribution in [2.45, 2.75) is 0 Å². The summed E-state index contributed by atoms with van der Waals surface area (Å²) < 4.78 is 9.20. The highest BCUT2D eigenvalue weighted by molar-refractivity contribution is 6.24. The Morgan fingerprint density at radius 3 is 1.43 bits per heavy atom. The number of nitrogens with zero attached hydrogens (tertiary/aromatic N) is 5. The first-order valence-electron chi connectivity index (χ1n) is 18.6. The maximum absolute atomic E-state index is 6.87. The minimum absolute atomic E-state index is 0.632. The normalized spacial score (nSPS) is 11.6. The summed E-state index contributed by atoms with van der Waals surface area (Å²) in [5.41, 5.74) is 12.7. The summed E-state index contributed by atoms with van der Waals surface area (Å²) in [6, 6.07) is 64.4. The fourth-order valence-corrected chi connectivity index (χ4v) is 7.77. The molecule has 4 aromatic heterocycles. The molecule has 56 heavy (non-hydrogen) atoms. The Balaban J connectivity index is 1.01. The molecule has 0 spiro atoms. The molecule has 4 heterocycles. The first kappa shape index (κ1) is 31.8. The molecule has 0 radical (unpaired) electrons. The van der Waals surface area contributed by atoms with E-state index in [1.54, 1.807) is 0 Å². The van der Waals surface area contributed by atoms with Crippen molar-refractivity contribution >= 4 is 43.9 Å². The molecule has 6 nitrogen and oxygen atoms in total. The predicted octanol–water partition coefficient (Wildman–Crippen LogP) is 12.6. The van der Waals surface area contributed by atoms with Crippen LogP contribution in [0.2, 0.25) is 0 Å². The molecule has 0 atom stereocenters. The lowest BCUT2D eigenvalue weighted by molar-refractivity contribution is 0.676. The summed E-state index contributed by atoms with van der Waals surface area (Å²) >= 11 is 0. The maximum atomic E-state index is 6.87. The summed E-state index contributed by atoms with van der Waals surface area (Å²) in [6.07, 6.45) is 0. The molecule has 0 aliphatic carbocycles. The molecule has 0 unspecified atom stereocenters. The average molecular weight is 718 g/mol. The van der Waals surface area contributed by atoms with E-state index in [-0.39, 0.29) is 0 Å². The van der Waals surface area contributed by atoms with E-state index in [2.05, 4.69) is 114 Å². The zero-order valence-corrected chi connectivity index (χ0v) is 30.0. The number of fused-ring (bicyclic) bond motifs is 7. The van der Waals surface area contributed by atoms with Crippen molar-refractivity contribution in [3.8, 4) is 62.2 Å². The Labute approximate surface area is 322 Å². The predicted molar refractivity (Wildman–Crippen MR) is 226 cm³/mol. The van der Waals surface area contributed by atoms with Crippen molar-refractivity contribution in [1.29, 1.82) is 0 Å². The van der Waals surface area contributed by atoms with Crippen LogP contribution in [0.15, 0.2) is 192 Å². The van der Waals surface area contributed by atoms with Crippen LogP contribution >= 0.6 is 0 Å². The largest absolute Gasteiger partial charge is 0.453 e. The van der Waals surface area contributed by atoms with Gasteiger partial charge in [-0.15, -0.1) is 0 Å². The topological polar surface area (TPSA) is 69.6 Å². The maximum Gasteiger partial charge on any atom is 0.164 e. The molecule has 0 amide bonds. The summed E-state index contributed by atoms with van der Waals surface area (Å²) in [5, 5.41) is 3.06. The molecule has 0 aliphatic rings. The minimum atomic E-state index is 0.632. The van der Waals surface area contributed by atoms with Gasteiger partial charge in [0, 0.05) is 38.7 Å². The second-order valence-electron chi connectivity index (χ2n) is 13.8. The smallest absolute Gasteiger partial charge is 0.164 e. The van der Waals surface area contributed by atoms with Gasteiger partial charge in [0.15, 0.2) is 23.1 Å². The molecule has 0 aliphatic heterocycles. The van der Waals surface area contributed by atoms with Gasteiger partial charge in [0.25, 0.3) is 0 Å². The van der Waals surface area contributed by atoms with E-state index in [0.29, 0.717) is 17.5 Å². The molecule has 0 saturated heterocycles. The standard InChI is InChI=1S/C50H31N5O/c1-4-14-34(15-5-1)44-43-45-47(56-46(43)39-20-10-12-22-41(39)51-44)40-21-11-13-23-42(40)55(45)38-30-28-33(29-31-38)32-24-26-37(27-25-32)50-53-48(35-16-6-2-7-17-35)52-49(54-50)36-18-8-3-9-19-36/h1-31H. The third kappa shape index (κ3) is 5.27. The molecular weight excluding hydrogens is 687 g/mol. The van der Waals surface area contributed by atoms with Crippen LogP contribution < -0.4 is 0 Å². The van der Waals surface area contributed by atoms with Crippen molar-refractivity contribution in [2.24, 2.45) is 0 Å². The Bertz CT molecular complexity index is 3150. The fourth-order valence-electron chi connectivity index (χ4n) is 7.77. The second kappa shape index (κ2) is 13.0. The van der Waals surface area contributed by atoms with Gasteiger partial charge in [0.05, 0.1) is 22.1 Å². The van der Waals surface area contributed by atoms with Gasteiger partial charge in [0.2, 0.25) is 0 Å². The van der Waals surface area contributed by atoms with Crippen LogP contribution in [0, 0.1) is 0 Å². The number of pyridine rings is 1. The van der Waals surface area contributed by atoms with Gasteiger partial charge >= 0.3 is 0 Å². The zero-order valence-electron chi connectivity index (χ0n) is 30.0. The van der Waals surface area contributed by atoms with Crippen LogP contribution in [0.25, 0.3) is 106 Å². The molecule has 11 aromatic rings. The molecule has 7 aromatic carbocycles. The number of rotatable bonds is 6. The Morgan fingerprint density at radius 1 is 0.357 bits per heavy atom. The zero-order chi connectivity index (χ0) is 37.0. The lowest BCUT2D eigenvalue weighted by Gasteiger charge is -2.11. The third-order valence-electron chi connectivity index (χ3n) is 10.5. The third-order valence-corrected chi connectivity index (χ3v) is 10.5. The Hall–Kier alpha value is -7.70. The number of furan rings is 1. The summed E-state index contributed by atoms with van der Waals surface area (Å²) in [6.45, 7) is 0. The molecule has 0 saturated carbocycles. The molecule has 0 fully saturated rings. The number of hydrogen-bond acceptors (Lipinski definition) is 5. The second-order valence-corrected chi connectivity index (χ2v) is 13.8. The van der Waals surface area contributed by atoms with E-state index in [9.17, 15) is 0 Å². The minimum Gasteiger partial charge on any atom is -0.453 e. The fraction of sp³-hybridized carbons (Fsp3) is 0. The summed E-state index contributed by atoms with van der Waals surface area (Å²) in [4.78, 5) is 19.9. The van der Waals surface area contributed by atoms with Gasteiger partial charge in [-0.05, 0) is 47.5 Å². The highest BCUT2D eigenvalue weighted by atomic mass is 16.3. The van der Waals surface area contributed by atoms with Gasteiger partial charge < -0.3 is 8.98 Å². The van der Waals surface area contributed by atoms with Gasteiger partial charge in [-0.3, -0.25) is 0 Å². The van der Waals surface area contributed by atoms with E-state index in [1.807, 2.05) is 78.9 Å². The van der Waals surface area contributed by atoms with Crippen LogP contribution in [-0.4, -0.2) is 24.5 Å². The molecule has 0 N–H and O–H groups in total. The van der Waals surface area contributed by atoms with E-state index < -0.39 is 0 Å². The van der Waals surface area contributed by atoms with Crippen LogP contribution in [0.3, 0.4) is 0 Å². The first-order valence-corrected chi connectivity index (χ1v) is 18.6. The van der Waals surface area contributed by atoms with E-state index in [4.69, 9.17) is 24.4 Å². The summed E-state index contributed by atoms with van der Waals surface area (Å²) in [7, 11) is 0. The van der Waals surface area contributed by atoms with Crippen LogP contribution in [0.1, 0.15) is 0 Å². The van der Waals surface area contributed by atoms with Crippen molar-refractivity contribution in [3.05, 3.63) is 188 Å². The van der Waals surface area contributed by atoms with Gasteiger partial charge in [-0.25, -0.2) is 19.9 Å². The van der Waals surface area contributed by atoms with Crippen molar-refractivity contribution in [3.63, 3.8) is 0 Å².